The number of ether oxygens (including phenoxy) is 2. The van der Waals surface area contributed by atoms with Crippen LogP contribution in [0, 0.1) is 5.92 Å². The smallest absolute Gasteiger partial charge is 0.162 e. The van der Waals surface area contributed by atoms with Gasteiger partial charge in [-0.05, 0) is 19.3 Å². The molecule has 0 amide bonds. The van der Waals surface area contributed by atoms with Crippen molar-refractivity contribution in [1.29, 1.82) is 0 Å². The fraction of sp³-hybridized carbons (Fsp3) is 1.00. The Labute approximate surface area is 92.8 Å². The van der Waals surface area contributed by atoms with Gasteiger partial charge in [0.25, 0.3) is 0 Å². The first-order valence-corrected chi connectivity index (χ1v) is 6.13. The first kappa shape index (κ1) is 12.9. The summed E-state index contributed by atoms with van der Waals surface area (Å²) in [6, 6.07) is 0. The highest BCUT2D eigenvalue weighted by molar-refractivity contribution is 4.90. The maximum atomic E-state index is 9.86. The lowest BCUT2D eigenvalue weighted by molar-refractivity contribution is -0.313. The molecule has 1 rings (SSSR count). The van der Waals surface area contributed by atoms with E-state index in [0.717, 1.165) is 32.1 Å². The van der Waals surface area contributed by atoms with Crippen LogP contribution < -0.4 is 0 Å². The van der Waals surface area contributed by atoms with Crippen molar-refractivity contribution in [3.05, 3.63) is 0 Å². The second-order valence-corrected chi connectivity index (χ2v) is 4.40. The van der Waals surface area contributed by atoms with Gasteiger partial charge in [0.1, 0.15) is 0 Å². The third-order valence-electron chi connectivity index (χ3n) is 3.39. The van der Waals surface area contributed by atoms with Gasteiger partial charge < -0.3 is 14.6 Å². The van der Waals surface area contributed by atoms with E-state index in [-0.39, 0.29) is 18.3 Å². The molecule has 90 valence electrons. The highest BCUT2D eigenvalue weighted by atomic mass is 16.7. The average molecular weight is 216 g/mol. The third-order valence-corrected chi connectivity index (χ3v) is 3.39. The van der Waals surface area contributed by atoms with Gasteiger partial charge in [0.15, 0.2) is 13.1 Å². The van der Waals surface area contributed by atoms with E-state index < -0.39 is 6.29 Å². The van der Waals surface area contributed by atoms with Gasteiger partial charge in [0.2, 0.25) is 0 Å². The summed E-state index contributed by atoms with van der Waals surface area (Å²) in [6.07, 6.45) is 4.45. The molecule has 3 nitrogen and oxygen atoms in total. The van der Waals surface area contributed by atoms with Gasteiger partial charge in [-0.2, -0.15) is 0 Å². The molecule has 3 heteroatoms. The maximum absolute atomic E-state index is 9.86. The summed E-state index contributed by atoms with van der Waals surface area (Å²) in [5, 5.41) is 9.86. The molecular formula is C12H24O3. The molecule has 2 unspecified atom stereocenters. The second kappa shape index (κ2) is 5.83. The monoisotopic (exact) mass is 216 g/mol. The van der Waals surface area contributed by atoms with Crippen molar-refractivity contribution in [3.8, 4) is 0 Å². The van der Waals surface area contributed by atoms with Crippen LogP contribution >= 0.6 is 0 Å². The Morgan fingerprint density at radius 3 is 2.27 bits per heavy atom. The van der Waals surface area contributed by atoms with Crippen LogP contribution in [0.25, 0.3) is 0 Å². The molecule has 1 saturated heterocycles. The molecule has 1 N–H and O–H groups in total. The van der Waals surface area contributed by atoms with Crippen LogP contribution in [0.5, 0.6) is 0 Å². The second-order valence-electron chi connectivity index (χ2n) is 4.40. The van der Waals surface area contributed by atoms with Crippen molar-refractivity contribution in [1.82, 2.24) is 0 Å². The molecule has 1 aliphatic rings. The first-order chi connectivity index (χ1) is 7.20. The van der Waals surface area contributed by atoms with Crippen LogP contribution in [0.1, 0.15) is 52.9 Å². The SMILES string of the molecule is CCCC1(CCC)OCOC(O)C1CC. The van der Waals surface area contributed by atoms with Crippen LogP contribution in [0.2, 0.25) is 0 Å². The van der Waals surface area contributed by atoms with Gasteiger partial charge in [0, 0.05) is 5.92 Å². The molecule has 1 heterocycles. The van der Waals surface area contributed by atoms with Crippen molar-refractivity contribution in [2.45, 2.75) is 64.8 Å². The molecule has 0 aromatic carbocycles. The van der Waals surface area contributed by atoms with Crippen LogP contribution in [0.15, 0.2) is 0 Å². The minimum absolute atomic E-state index is 0.117. The van der Waals surface area contributed by atoms with Crippen molar-refractivity contribution < 1.29 is 14.6 Å². The van der Waals surface area contributed by atoms with Crippen LogP contribution in [-0.2, 0) is 9.47 Å². The Hall–Kier alpha value is -0.120. The van der Waals surface area contributed by atoms with E-state index in [9.17, 15) is 5.11 Å². The molecule has 15 heavy (non-hydrogen) atoms. The minimum atomic E-state index is -0.651. The summed E-state index contributed by atoms with van der Waals surface area (Å²) in [5.41, 5.74) is -0.157. The summed E-state index contributed by atoms with van der Waals surface area (Å²) in [7, 11) is 0. The number of hydrogen-bond donors (Lipinski definition) is 1. The van der Waals surface area contributed by atoms with E-state index in [2.05, 4.69) is 20.8 Å². The van der Waals surface area contributed by atoms with Gasteiger partial charge in [-0.15, -0.1) is 0 Å². The zero-order chi connectivity index (χ0) is 11.3. The van der Waals surface area contributed by atoms with Crippen molar-refractivity contribution in [3.63, 3.8) is 0 Å². The standard InChI is InChI=1S/C12H24O3/c1-4-7-12(8-5-2)10(6-3)11(13)14-9-15-12/h10-11,13H,4-9H2,1-3H3. The van der Waals surface area contributed by atoms with E-state index in [1.165, 1.54) is 0 Å². The van der Waals surface area contributed by atoms with Crippen molar-refractivity contribution >= 4 is 0 Å². The molecule has 0 aliphatic carbocycles. The average Bonchev–Trinajstić information content (AvgIpc) is 2.19. The molecule has 1 aliphatic heterocycles. The lowest BCUT2D eigenvalue weighted by Crippen LogP contribution is -2.51. The lowest BCUT2D eigenvalue weighted by Gasteiger charge is -2.46. The van der Waals surface area contributed by atoms with Crippen molar-refractivity contribution in [2.24, 2.45) is 5.92 Å². The Bertz CT molecular complexity index is 170. The molecular weight excluding hydrogens is 192 g/mol. The van der Waals surface area contributed by atoms with E-state index >= 15 is 0 Å². The largest absolute Gasteiger partial charge is 0.368 e. The third kappa shape index (κ3) is 2.71. The van der Waals surface area contributed by atoms with Crippen molar-refractivity contribution in [2.75, 3.05) is 6.79 Å². The van der Waals surface area contributed by atoms with Gasteiger partial charge >= 0.3 is 0 Å². The number of aliphatic hydroxyl groups excluding tert-OH is 1. The number of rotatable bonds is 5. The minimum Gasteiger partial charge on any atom is -0.368 e. The first-order valence-electron chi connectivity index (χ1n) is 6.13. The van der Waals surface area contributed by atoms with Gasteiger partial charge in [-0.3, -0.25) is 0 Å². The molecule has 0 bridgehead atoms. The zero-order valence-corrected chi connectivity index (χ0v) is 10.2. The van der Waals surface area contributed by atoms with Gasteiger partial charge in [-0.25, -0.2) is 0 Å². The summed E-state index contributed by atoms with van der Waals surface area (Å²) in [4.78, 5) is 0. The van der Waals surface area contributed by atoms with E-state index in [1.807, 2.05) is 0 Å². The summed E-state index contributed by atoms with van der Waals surface area (Å²) in [6.45, 7) is 6.65. The fourth-order valence-electron chi connectivity index (χ4n) is 2.76. The lowest BCUT2D eigenvalue weighted by atomic mass is 9.77. The molecule has 0 spiro atoms. The molecule has 0 aromatic heterocycles. The molecule has 0 saturated carbocycles. The predicted octanol–water partition coefficient (Wildman–Crippen LogP) is 2.67. The highest BCUT2D eigenvalue weighted by Crippen LogP contribution is 2.39. The Morgan fingerprint density at radius 2 is 1.80 bits per heavy atom. The molecule has 2 atom stereocenters. The molecule has 1 fully saturated rings. The maximum Gasteiger partial charge on any atom is 0.162 e. The highest BCUT2D eigenvalue weighted by Gasteiger charge is 2.44. The van der Waals surface area contributed by atoms with E-state index in [4.69, 9.17) is 9.47 Å². The molecule has 0 radical (unpaired) electrons. The Kier molecular flexibility index (Phi) is 5.03. The predicted molar refractivity (Wildman–Crippen MR) is 59.4 cm³/mol. The number of hydrogen-bond acceptors (Lipinski definition) is 3. The van der Waals surface area contributed by atoms with Gasteiger partial charge in [0.05, 0.1) is 5.60 Å². The normalized spacial score (nSPS) is 30.4. The van der Waals surface area contributed by atoms with E-state index in [1.54, 1.807) is 0 Å². The van der Waals surface area contributed by atoms with Crippen LogP contribution in [0.4, 0.5) is 0 Å². The van der Waals surface area contributed by atoms with E-state index in [0.29, 0.717) is 0 Å². The quantitative estimate of drug-likeness (QED) is 0.768. The molecule has 0 aromatic rings. The van der Waals surface area contributed by atoms with Crippen LogP contribution in [-0.4, -0.2) is 23.8 Å². The summed E-state index contributed by atoms with van der Waals surface area (Å²) in [5.74, 6) is 0.117. The summed E-state index contributed by atoms with van der Waals surface area (Å²) >= 11 is 0. The Morgan fingerprint density at radius 1 is 1.20 bits per heavy atom. The number of aliphatic hydroxyl groups is 1. The topological polar surface area (TPSA) is 38.7 Å². The fourth-order valence-corrected chi connectivity index (χ4v) is 2.76. The Balaban J connectivity index is 2.79. The van der Waals surface area contributed by atoms with Crippen LogP contribution in [0.3, 0.4) is 0 Å². The summed E-state index contributed by atoms with van der Waals surface area (Å²) < 4.78 is 11.0. The van der Waals surface area contributed by atoms with Gasteiger partial charge in [-0.1, -0.05) is 33.6 Å². The zero-order valence-electron chi connectivity index (χ0n) is 10.2.